The van der Waals surface area contributed by atoms with E-state index in [1.807, 2.05) is 19.1 Å². The van der Waals surface area contributed by atoms with Crippen LogP contribution in [0.15, 0.2) is 77.5 Å². The third kappa shape index (κ3) is 11.6. The van der Waals surface area contributed by atoms with Crippen molar-refractivity contribution >= 4 is 35.9 Å². The van der Waals surface area contributed by atoms with Crippen LogP contribution in [0.4, 0.5) is 9.59 Å². The highest BCUT2D eigenvalue weighted by Gasteiger charge is 2.48. The largest absolute Gasteiger partial charge is 0.471 e. The summed E-state index contributed by atoms with van der Waals surface area (Å²) in [5, 5.41) is 2.67. The second-order valence-electron chi connectivity index (χ2n) is 14.0. The van der Waals surface area contributed by atoms with Gasteiger partial charge in [-0.15, -0.1) is 4.99 Å². The Kier molecular flexibility index (Phi) is 13.4. The molecule has 1 aliphatic rings. The Labute approximate surface area is 298 Å². The van der Waals surface area contributed by atoms with E-state index in [1.54, 1.807) is 90.1 Å². The van der Waals surface area contributed by atoms with Crippen molar-refractivity contribution in [1.29, 1.82) is 0 Å². The van der Waals surface area contributed by atoms with Crippen molar-refractivity contribution in [1.82, 2.24) is 15.1 Å². The molecular formula is C37H49N5O9. The Bertz CT molecular complexity index is 1570. The molecule has 0 unspecified atom stereocenters. The van der Waals surface area contributed by atoms with Crippen LogP contribution in [0.3, 0.4) is 0 Å². The maximum atomic E-state index is 14.1. The van der Waals surface area contributed by atoms with Crippen LogP contribution in [0.25, 0.3) is 0 Å². The third-order valence-electron chi connectivity index (χ3n) is 7.18. The first-order chi connectivity index (χ1) is 23.8. The lowest BCUT2D eigenvalue weighted by molar-refractivity contribution is -0.154. The molecule has 1 aliphatic heterocycles. The molecule has 0 aliphatic carbocycles. The van der Waals surface area contributed by atoms with Crippen LogP contribution in [0.5, 0.6) is 0 Å². The van der Waals surface area contributed by atoms with Gasteiger partial charge in [0.1, 0.15) is 11.2 Å². The van der Waals surface area contributed by atoms with Gasteiger partial charge in [0.15, 0.2) is 12.2 Å². The van der Waals surface area contributed by atoms with Crippen LogP contribution in [0.2, 0.25) is 0 Å². The first-order valence-corrected chi connectivity index (χ1v) is 16.6. The highest BCUT2D eigenvalue weighted by atomic mass is 16.6. The summed E-state index contributed by atoms with van der Waals surface area (Å²) in [6.45, 7) is 13.1. The van der Waals surface area contributed by atoms with Crippen molar-refractivity contribution in [3.05, 3.63) is 83.6 Å². The SMILES string of the molecule is CCCN(C)C(=O)[C@@H]1OC(C(=O)OC(c2ccccc2)c2ccccc2)=C[C@@H](N(C(=O)OC(C)(C)C)C(N)=NC(=O)OC(C)(C)C)[C@H]1NC(C)=O. The van der Waals surface area contributed by atoms with E-state index in [2.05, 4.69) is 10.3 Å². The minimum Gasteiger partial charge on any atom is -0.471 e. The molecule has 0 saturated heterocycles. The number of guanidine groups is 1. The number of esters is 1. The van der Waals surface area contributed by atoms with Gasteiger partial charge < -0.3 is 34.9 Å². The lowest BCUT2D eigenvalue weighted by Crippen LogP contribution is -2.65. The molecular weight excluding hydrogens is 658 g/mol. The average molecular weight is 708 g/mol. The van der Waals surface area contributed by atoms with E-state index in [0.29, 0.717) is 24.1 Å². The van der Waals surface area contributed by atoms with Crippen molar-refractivity contribution in [2.75, 3.05) is 13.6 Å². The molecule has 0 radical (unpaired) electrons. The lowest BCUT2D eigenvalue weighted by atomic mass is 9.95. The highest BCUT2D eigenvalue weighted by molar-refractivity contribution is 5.99. The number of nitrogens with one attached hydrogen (secondary N) is 1. The zero-order valence-corrected chi connectivity index (χ0v) is 30.7. The van der Waals surface area contributed by atoms with Crippen molar-refractivity contribution < 1.29 is 42.9 Å². The molecule has 0 spiro atoms. The molecule has 0 aromatic heterocycles. The average Bonchev–Trinajstić information content (AvgIpc) is 3.02. The summed E-state index contributed by atoms with van der Waals surface area (Å²) in [6.07, 6.45) is -2.92. The van der Waals surface area contributed by atoms with E-state index in [9.17, 15) is 24.0 Å². The van der Waals surface area contributed by atoms with Crippen LogP contribution in [-0.2, 0) is 33.3 Å². The smallest absolute Gasteiger partial charge is 0.437 e. The van der Waals surface area contributed by atoms with Crippen LogP contribution in [0.1, 0.15) is 79.0 Å². The fraction of sp³-hybridized carbons (Fsp3) is 0.459. The second kappa shape index (κ2) is 17.0. The quantitative estimate of drug-likeness (QED) is 0.159. The number of hydrogen-bond acceptors (Lipinski definition) is 9. The molecule has 1 heterocycles. The van der Waals surface area contributed by atoms with Gasteiger partial charge >= 0.3 is 18.2 Å². The van der Waals surface area contributed by atoms with E-state index in [-0.39, 0.29) is 0 Å². The Hall–Kier alpha value is -5.40. The fourth-order valence-corrected chi connectivity index (χ4v) is 5.16. The highest BCUT2D eigenvalue weighted by Crippen LogP contribution is 2.31. The van der Waals surface area contributed by atoms with E-state index < -0.39 is 77.2 Å². The minimum absolute atomic E-state index is 0.307. The molecule has 3 rings (SSSR count). The van der Waals surface area contributed by atoms with Gasteiger partial charge in [-0.3, -0.25) is 9.59 Å². The first-order valence-electron chi connectivity index (χ1n) is 16.6. The summed E-state index contributed by atoms with van der Waals surface area (Å²) in [4.78, 5) is 73.4. The van der Waals surface area contributed by atoms with E-state index >= 15 is 0 Å². The number of aliphatic imine (C=N–C) groups is 1. The molecule has 276 valence electrons. The van der Waals surface area contributed by atoms with Crippen LogP contribution in [-0.4, -0.2) is 88.7 Å². The number of likely N-dealkylation sites (N-methyl/N-ethyl adjacent to an activating group) is 1. The summed E-state index contributed by atoms with van der Waals surface area (Å²) >= 11 is 0. The van der Waals surface area contributed by atoms with Gasteiger partial charge in [0.05, 0.1) is 12.1 Å². The summed E-state index contributed by atoms with van der Waals surface area (Å²) < 4.78 is 23.1. The van der Waals surface area contributed by atoms with Gasteiger partial charge in [-0.1, -0.05) is 67.6 Å². The third-order valence-corrected chi connectivity index (χ3v) is 7.18. The van der Waals surface area contributed by atoms with Crippen LogP contribution in [0, 0.1) is 0 Å². The van der Waals surface area contributed by atoms with Gasteiger partial charge in [0.25, 0.3) is 5.91 Å². The molecule has 4 amide bonds. The standard InChI is InChI=1S/C37H49N5O9/c1-10-21-41(9)31(44)30-28(39-23(2)43)26(42(35(47)51-37(6,7)8)33(38)40-34(46)50-36(3,4)5)22-27(48-30)32(45)49-29(24-17-13-11-14-18-24)25-19-15-12-16-20-25/h11-20,22,26,28-30H,10,21H2,1-9H3,(H,39,43)(H2,38,40,46)/t26-,28-,30-/m1/s1. The topological polar surface area (TPSA) is 179 Å². The Morgan fingerprint density at radius 2 is 1.43 bits per heavy atom. The zero-order valence-electron chi connectivity index (χ0n) is 30.7. The summed E-state index contributed by atoms with van der Waals surface area (Å²) in [6, 6.07) is 15.2. The van der Waals surface area contributed by atoms with Gasteiger partial charge in [0, 0.05) is 20.5 Å². The molecule has 3 N–H and O–H groups in total. The van der Waals surface area contributed by atoms with Crippen molar-refractivity contribution in [3.8, 4) is 0 Å². The van der Waals surface area contributed by atoms with E-state index in [1.165, 1.54) is 24.9 Å². The fourth-order valence-electron chi connectivity index (χ4n) is 5.16. The molecule has 0 fully saturated rings. The summed E-state index contributed by atoms with van der Waals surface area (Å²) in [5.41, 5.74) is 5.62. The van der Waals surface area contributed by atoms with Gasteiger partial charge in [-0.05, 0) is 65.2 Å². The molecule has 51 heavy (non-hydrogen) atoms. The van der Waals surface area contributed by atoms with E-state index in [4.69, 9.17) is 24.7 Å². The lowest BCUT2D eigenvalue weighted by Gasteiger charge is -2.42. The number of carbonyl (C=O) groups is 5. The number of amides is 4. The molecule has 0 bridgehead atoms. The monoisotopic (exact) mass is 707 g/mol. The zero-order chi connectivity index (χ0) is 38.1. The molecule has 0 saturated carbocycles. The first kappa shape index (κ1) is 40.0. The van der Waals surface area contributed by atoms with Gasteiger partial charge in [-0.25, -0.2) is 19.3 Å². The van der Waals surface area contributed by atoms with Crippen molar-refractivity contribution in [2.24, 2.45) is 10.7 Å². The Morgan fingerprint density at radius 3 is 1.90 bits per heavy atom. The molecule has 14 heteroatoms. The minimum atomic E-state index is -1.57. The molecule has 2 aromatic carbocycles. The molecule has 14 nitrogen and oxygen atoms in total. The number of carbonyl (C=O) groups excluding carboxylic acids is 5. The maximum absolute atomic E-state index is 14.1. The number of ether oxygens (including phenoxy) is 4. The van der Waals surface area contributed by atoms with Gasteiger partial charge in [-0.2, -0.15) is 0 Å². The van der Waals surface area contributed by atoms with E-state index in [0.717, 1.165) is 4.90 Å². The summed E-state index contributed by atoms with van der Waals surface area (Å²) in [5.74, 6) is -3.34. The number of nitrogens with two attached hydrogens (primary N) is 1. The summed E-state index contributed by atoms with van der Waals surface area (Å²) in [7, 11) is 1.54. The number of rotatable bonds is 9. The normalized spacial score (nSPS) is 17.7. The van der Waals surface area contributed by atoms with Crippen molar-refractivity contribution in [3.63, 3.8) is 0 Å². The number of benzene rings is 2. The van der Waals surface area contributed by atoms with Crippen LogP contribution >= 0.6 is 0 Å². The van der Waals surface area contributed by atoms with Crippen LogP contribution < -0.4 is 11.1 Å². The van der Waals surface area contributed by atoms with Gasteiger partial charge in [0.2, 0.25) is 17.6 Å². The predicted octanol–water partition coefficient (Wildman–Crippen LogP) is 4.83. The Balaban J connectivity index is 2.25. The number of nitrogens with zero attached hydrogens (tertiary/aromatic N) is 3. The molecule has 2 aromatic rings. The maximum Gasteiger partial charge on any atom is 0.437 e. The predicted molar refractivity (Wildman–Crippen MR) is 189 cm³/mol. The molecule has 3 atom stereocenters. The van der Waals surface area contributed by atoms with Crippen molar-refractivity contribution in [2.45, 2.75) is 97.3 Å². The second-order valence-corrected chi connectivity index (χ2v) is 14.0. The Morgan fingerprint density at radius 1 is 0.902 bits per heavy atom. The number of hydrogen-bond donors (Lipinski definition) is 2.